The summed E-state index contributed by atoms with van der Waals surface area (Å²) in [5.74, 6) is -3.20. The molecule has 150 valence electrons. The molecular weight excluding hydrogens is 344 g/mol. The molecule has 0 amide bonds. The van der Waals surface area contributed by atoms with Crippen LogP contribution in [0.15, 0.2) is 0 Å². The molecule has 26 heavy (non-hydrogen) atoms. The average Bonchev–Trinajstić information content (AvgIpc) is 2.62. The zero-order chi connectivity index (χ0) is 20.0. The maximum atomic E-state index is 12.6. The molecule has 0 aromatic carbocycles. The van der Waals surface area contributed by atoms with Gasteiger partial charge in [0.05, 0.1) is 32.7 Å². The van der Waals surface area contributed by atoms with Gasteiger partial charge in [-0.2, -0.15) is 0 Å². The van der Waals surface area contributed by atoms with E-state index in [2.05, 4.69) is 0 Å². The second kappa shape index (κ2) is 13.1. The summed E-state index contributed by atoms with van der Waals surface area (Å²) in [6, 6.07) is 0. The van der Waals surface area contributed by atoms with E-state index in [-0.39, 0.29) is 26.2 Å². The van der Waals surface area contributed by atoms with Crippen molar-refractivity contribution in [2.75, 3.05) is 19.8 Å². The highest BCUT2D eigenvalue weighted by Gasteiger charge is 2.49. The van der Waals surface area contributed by atoms with Crippen LogP contribution < -0.4 is 0 Å². The molecule has 0 aromatic rings. The van der Waals surface area contributed by atoms with Gasteiger partial charge in [-0.15, -0.1) is 0 Å². The van der Waals surface area contributed by atoms with Crippen LogP contribution in [0.5, 0.6) is 0 Å². The van der Waals surface area contributed by atoms with Crippen LogP contribution in [-0.2, 0) is 38.1 Å². The first-order valence-electron chi connectivity index (χ1n) is 9.05. The summed E-state index contributed by atoms with van der Waals surface area (Å²) in [5.41, 5.74) is -2.09. The fourth-order valence-electron chi connectivity index (χ4n) is 1.94. The SMILES string of the molecule is CCCOC(=O)CC(CC(=O)OCCC)(OC(=O)CC)C(=O)OCCC. The number of ether oxygens (including phenoxy) is 4. The van der Waals surface area contributed by atoms with Gasteiger partial charge in [0.2, 0.25) is 5.60 Å². The van der Waals surface area contributed by atoms with Crippen LogP contribution in [0, 0.1) is 0 Å². The van der Waals surface area contributed by atoms with Crippen LogP contribution in [0.2, 0.25) is 0 Å². The van der Waals surface area contributed by atoms with Gasteiger partial charge in [0, 0.05) is 6.42 Å². The molecular formula is C18H30O8. The predicted molar refractivity (Wildman–Crippen MR) is 92.1 cm³/mol. The van der Waals surface area contributed by atoms with Crippen molar-refractivity contribution in [1.82, 2.24) is 0 Å². The van der Waals surface area contributed by atoms with Gasteiger partial charge in [-0.1, -0.05) is 27.7 Å². The van der Waals surface area contributed by atoms with Crippen LogP contribution >= 0.6 is 0 Å². The third-order valence-electron chi connectivity index (χ3n) is 3.20. The number of hydrogen-bond donors (Lipinski definition) is 0. The molecule has 0 N–H and O–H groups in total. The van der Waals surface area contributed by atoms with Gasteiger partial charge in [-0.25, -0.2) is 4.79 Å². The molecule has 0 unspecified atom stereocenters. The number of carbonyl (C=O) groups excluding carboxylic acids is 4. The fourth-order valence-corrected chi connectivity index (χ4v) is 1.94. The van der Waals surface area contributed by atoms with E-state index in [0.717, 1.165) is 0 Å². The molecule has 0 saturated heterocycles. The fraction of sp³-hybridized carbons (Fsp3) is 0.778. The van der Waals surface area contributed by atoms with Crippen molar-refractivity contribution in [3.05, 3.63) is 0 Å². The zero-order valence-electron chi connectivity index (χ0n) is 16.1. The summed E-state index contributed by atoms with van der Waals surface area (Å²) in [7, 11) is 0. The Morgan fingerprint density at radius 2 is 1.08 bits per heavy atom. The average molecular weight is 374 g/mol. The van der Waals surface area contributed by atoms with E-state index in [1.807, 2.05) is 13.8 Å². The topological polar surface area (TPSA) is 105 Å². The summed E-state index contributed by atoms with van der Waals surface area (Å²) in [4.78, 5) is 48.6. The third kappa shape index (κ3) is 8.82. The van der Waals surface area contributed by atoms with Gasteiger partial charge < -0.3 is 18.9 Å². The smallest absolute Gasteiger partial charge is 0.351 e. The Bertz CT molecular complexity index is 450. The van der Waals surface area contributed by atoms with Gasteiger partial charge in [0.1, 0.15) is 0 Å². The quantitative estimate of drug-likeness (QED) is 0.357. The summed E-state index contributed by atoms with van der Waals surface area (Å²) in [6.07, 6.45) is 0.463. The van der Waals surface area contributed by atoms with Gasteiger partial charge in [-0.05, 0) is 19.3 Å². The van der Waals surface area contributed by atoms with Crippen molar-refractivity contribution in [3.8, 4) is 0 Å². The second-order valence-corrected chi connectivity index (χ2v) is 5.75. The van der Waals surface area contributed by atoms with E-state index >= 15 is 0 Å². The molecule has 0 aliphatic carbocycles. The highest BCUT2D eigenvalue weighted by atomic mass is 16.6. The largest absolute Gasteiger partial charge is 0.466 e. The van der Waals surface area contributed by atoms with E-state index in [1.165, 1.54) is 6.92 Å². The number of carbonyl (C=O) groups is 4. The monoisotopic (exact) mass is 374 g/mol. The van der Waals surface area contributed by atoms with Crippen molar-refractivity contribution in [2.45, 2.75) is 71.8 Å². The van der Waals surface area contributed by atoms with Crippen LogP contribution in [-0.4, -0.2) is 49.3 Å². The highest BCUT2D eigenvalue weighted by Crippen LogP contribution is 2.26. The highest BCUT2D eigenvalue weighted by molar-refractivity contribution is 5.92. The molecule has 8 nitrogen and oxygen atoms in total. The normalized spacial score (nSPS) is 10.8. The van der Waals surface area contributed by atoms with E-state index in [9.17, 15) is 19.2 Å². The molecule has 0 heterocycles. The zero-order valence-corrected chi connectivity index (χ0v) is 16.1. The molecule has 0 atom stereocenters. The first-order chi connectivity index (χ1) is 12.3. The van der Waals surface area contributed by atoms with Gasteiger partial charge in [0.25, 0.3) is 0 Å². The Morgan fingerprint density at radius 3 is 1.46 bits per heavy atom. The minimum absolute atomic E-state index is 0.0309. The summed E-state index contributed by atoms with van der Waals surface area (Å²) in [5, 5.41) is 0. The molecule has 0 rings (SSSR count). The molecule has 0 spiro atoms. The third-order valence-corrected chi connectivity index (χ3v) is 3.20. The molecule has 0 aromatic heterocycles. The molecule has 0 aliphatic rings. The lowest BCUT2D eigenvalue weighted by atomic mass is 9.94. The summed E-state index contributed by atoms with van der Waals surface area (Å²) >= 11 is 0. The van der Waals surface area contributed by atoms with Crippen molar-refractivity contribution < 1.29 is 38.1 Å². The standard InChI is InChI=1S/C18H30O8/c1-5-9-23-15(20)12-18(26-14(19)8-4,17(22)25-11-7-3)13-16(21)24-10-6-2/h5-13H2,1-4H3. The van der Waals surface area contributed by atoms with E-state index in [4.69, 9.17) is 18.9 Å². The van der Waals surface area contributed by atoms with Crippen molar-refractivity contribution >= 4 is 23.9 Å². The minimum Gasteiger partial charge on any atom is -0.466 e. The summed E-state index contributed by atoms with van der Waals surface area (Å²) < 4.78 is 20.3. The Balaban J connectivity index is 5.57. The lowest BCUT2D eigenvalue weighted by Crippen LogP contribution is -2.48. The first-order valence-corrected chi connectivity index (χ1v) is 9.05. The van der Waals surface area contributed by atoms with Gasteiger partial charge >= 0.3 is 23.9 Å². The lowest BCUT2D eigenvalue weighted by molar-refractivity contribution is -0.191. The van der Waals surface area contributed by atoms with Gasteiger partial charge in [0.15, 0.2) is 0 Å². The molecule has 8 heteroatoms. The molecule has 0 saturated carbocycles. The van der Waals surface area contributed by atoms with E-state index in [1.54, 1.807) is 6.92 Å². The van der Waals surface area contributed by atoms with Crippen molar-refractivity contribution in [2.24, 2.45) is 0 Å². The Kier molecular flexibility index (Phi) is 12.1. The van der Waals surface area contributed by atoms with Crippen molar-refractivity contribution in [3.63, 3.8) is 0 Å². The van der Waals surface area contributed by atoms with Crippen LogP contribution in [0.25, 0.3) is 0 Å². The maximum absolute atomic E-state index is 12.6. The lowest BCUT2D eigenvalue weighted by Gasteiger charge is -2.29. The van der Waals surface area contributed by atoms with Crippen LogP contribution in [0.1, 0.15) is 66.2 Å². The number of rotatable bonds is 13. The summed E-state index contributed by atoms with van der Waals surface area (Å²) in [6.45, 7) is 7.33. The van der Waals surface area contributed by atoms with Gasteiger partial charge in [-0.3, -0.25) is 14.4 Å². The molecule has 0 aliphatic heterocycles. The van der Waals surface area contributed by atoms with Crippen LogP contribution in [0.3, 0.4) is 0 Å². The maximum Gasteiger partial charge on any atom is 0.351 e. The predicted octanol–water partition coefficient (Wildman–Crippen LogP) is 2.32. The van der Waals surface area contributed by atoms with Crippen LogP contribution in [0.4, 0.5) is 0 Å². The Hall–Kier alpha value is -2.12. The number of hydrogen-bond acceptors (Lipinski definition) is 8. The second-order valence-electron chi connectivity index (χ2n) is 5.75. The Morgan fingerprint density at radius 1 is 0.654 bits per heavy atom. The number of esters is 4. The minimum atomic E-state index is -2.09. The van der Waals surface area contributed by atoms with Crippen molar-refractivity contribution in [1.29, 1.82) is 0 Å². The molecule has 0 fully saturated rings. The molecule has 0 bridgehead atoms. The Labute approximate surface area is 154 Å². The molecule has 0 radical (unpaired) electrons. The van der Waals surface area contributed by atoms with E-state index < -0.39 is 42.3 Å². The first kappa shape index (κ1) is 23.9. The van der Waals surface area contributed by atoms with E-state index in [0.29, 0.717) is 19.3 Å².